The Kier molecular flexibility index (Phi) is 8.95. The van der Waals surface area contributed by atoms with Gasteiger partial charge in [0.05, 0.1) is 0 Å². The summed E-state index contributed by atoms with van der Waals surface area (Å²) in [5.74, 6) is -1.47. The molecule has 2 aromatic rings. The van der Waals surface area contributed by atoms with Gasteiger partial charge in [-0.15, -0.1) is 0 Å². The van der Waals surface area contributed by atoms with Crippen molar-refractivity contribution in [3.05, 3.63) is 60.7 Å². The summed E-state index contributed by atoms with van der Waals surface area (Å²) in [4.78, 5) is 50.2. The van der Waals surface area contributed by atoms with Crippen LogP contribution < -0.4 is 21.1 Å². The second-order valence-corrected chi connectivity index (χ2v) is 8.29. The number of amides is 4. The molecule has 8 heteroatoms. The van der Waals surface area contributed by atoms with Crippen molar-refractivity contribution in [3.8, 4) is 0 Å². The average molecular weight is 439 g/mol. The second kappa shape index (κ2) is 11.6. The van der Waals surface area contributed by atoms with Gasteiger partial charge in [-0.1, -0.05) is 36.4 Å². The van der Waals surface area contributed by atoms with Crippen molar-refractivity contribution in [2.24, 2.45) is 0 Å². The van der Waals surface area contributed by atoms with E-state index in [1.165, 1.54) is 0 Å². The van der Waals surface area contributed by atoms with Crippen molar-refractivity contribution in [1.29, 1.82) is 0 Å². The van der Waals surface area contributed by atoms with Gasteiger partial charge in [-0.05, 0) is 45.0 Å². The van der Waals surface area contributed by atoms with Gasteiger partial charge in [0.25, 0.3) is 0 Å². The number of anilines is 2. The van der Waals surface area contributed by atoms with Crippen LogP contribution in [0.25, 0.3) is 0 Å². The van der Waals surface area contributed by atoms with Crippen molar-refractivity contribution in [2.75, 3.05) is 4.90 Å². The maximum Gasteiger partial charge on any atom is 0.238 e. The summed E-state index contributed by atoms with van der Waals surface area (Å²) in [6.07, 6.45) is -0.184. The number of carbonyl (C=O) groups excluding carboxylic acids is 4. The van der Waals surface area contributed by atoms with Gasteiger partial charge in [0.1, 0.15) is 0 Å². The van der Waals surface area contributed by atoms with Gasteiger partial charge in [-0.3, -0.25) is 34.9 Å². The average Bonchev–Trinajstić information content (AvgIpc) is 2.75. The summed E-state index contributed by atoms with van der Waals surface area (Å²) in [7, 11) is 0. The van der Waals surface area contributed by atoms with Gasteiger partial charge < -0.3 is 5.32 Å². The van der Waals surface area contributed by atoms with Crippen LogP contribution in [-0.2, 0) is 19.2 Å². The van der Waals surface area contributed by atoms with E-state index >= 15 is 0 Å². The molecule has 3 N–H and O–H groups in total. The first-order chi connectivity index (χ1) is 15.2. The molecule has 170 valence electrons. The molecule has 0 aliphatic carbocycles. The first-order valence-electron chi connectivity index (χ1n) is 10.5. The van der Waals surface area contributed by atoms with E-state index in [1.54, 1.807) is 4.90 Å². The van der Waals surface area contributed by atoms with Crippen molar-refractivity contribution in [3.63, 3.8) is 0 Å². The highest BCUT2D eigenvalue weighted by Gasteiger charge is 2.19. The van der Waals surface area contributed by atoms with E-state index in [1.807, 2.05) is 81.4 Å². The number of nitrogens with one attached hydrogen (secondary N) is 3. The third kappa shape index (κ3) is 8.59. The molecule has 8 nitrogen and oxygen atoms in total. The molecule has 0 saturated heterocycles. The van der Waals surface area contributed by atoms with Crippen LogP contribution in [-0.4, -0.2) is 29.2 Å². The molecule has 0 spiro atoms. The lowest BCUT2D eigenvalue weighted by molar-refractivity contribution is -0.131. The Morgan fingerprint density at radius 3 is 1.50 bits per heavy atom. The topological polar surface area (TPSA) is 108 Å². The van der Waals surface area contributed by atoms with Gasteiger partial charge >= 0.3 is 0 Å². The summed E-state index contributed by atoms with van der Waals surface area (Å²) >= 11 is 0. The fraction of sp³-hybridized carbons (Fsp3) is 0.333. The minimum atomic E-state index is -0.494. The van der Waals surface area contributed by atoms with Crippen LogP contribution in [0.15, 0.2) is 60.7 Å². The number of carbonyl (C=O) groups is 4. The number of nitrogens with zero attached hydrogens (tertiary/aromatic N) is 1. The van der Waals surface area contributed by atoms with Gasteiger partial charge in [0.15, 0.2) is 0 Å². The van der Waals surface area contributed by atoms with Crippen LogP contribution in [0, 0.1) is 0 Å². The molecule has 0 saturated carbocycles. The maximum absolute atomic E-state index is 12.9. The number of hydrogen-bond donors (Lipinski definition) is 3. The first kappa shape index (κ1) is 24.6. The molecular weight excluding hydrogens is 408 g/mol. The Morgan fingerprint density at radius 2 is 1.06 bits per heavy atom. The molecule has 32 heavy (non-hydrogen) atoms. The van der Waals surface area contributed by atoms with E-state index < -0.39 is 11.8 Å². The lowest BCUT2D eigenvalue weighted by Crippen LogP contribution is -2.43. The summed E-state index contributed by atoms with van der Waals surface area (Å²) in [6.45, 7) is 5.55. The minimum Gasteiger partial charge on any atom is -0.351 e. The van der Waals surface area contributed by atoms with Gasteiger partial charge in [0, 0.05) is 42.6 Å². The smallest absolute Gasteiger partial charge is 0.238 e. The number of hydrogen-bond acceptors (Lipinski definition) is 4. The predicted molar refractivity (Wildman–Crippen MR) is 123 cm³/mol. The highest BCUT2D eigenvalue weighted by molar-refractivity contribution is 6.01. The number of hydrazine groups is 1. The molecule has 0 bridgehead atoms. The van der Waals surface area contributed by atoms with E-state index in [0.717, 1.165) is 0 Å². The zero-order valence-corrected chi connectivity index (χ0v) is 18.7. The van der Waals surface area contributed by atoms with Gasteiger partial charge in [-0.2, -0.15) is 0 Å². The summed E-state index contributed by atoms with van der Waals surface area (Å²) < 4.78 is 0. The largest absolute Gasteiger partial charge is 0.351 e. The number of para-hydroxylation sites is 2. The third-order valence-corrected chi connectivity index (χ3v) is 4.28. The number of rotatable bonds is 8. The predicted octanol–water partition coefficient (Wildman–Crippen LogP) is 2.97. The van der Waals surface area contributed by atoms with Gasteiger partial charge in [0.2, 0.25) is 23.6 Å². The minimum absolute atomic E-state index is 0.0145. The molecule has 0 aliphatic rings. The Hall–Kier alpha value is -3.68. The van der Waals surface area contributed by atoms with E-state index in [4.69, 9.17) is 0 Å². The zero-order valence-electron chi connectivity index (χ0n) is 18.7. The molecule has 0 aliphatic heterocycles. The van der Waals surface area contributed by atoms with Crippen molar-refractivity contribution in [2.45, 2.75) is 52.0 Å². The number of benzene rings is 2. The molecule has 2 rings (SSSR count). The second-order valence-electron chi connectivity index (χ2n) is 8.29. The molecule has 4 amide bonds. The molecule has 0 atom stereocenters. The zero-order chi connectivity index (χ0) is 23.6. The fourth-order valence-corrected chi connectivity index (χ4v) is 2.90. The summed E-state index contributed by atoms with van der Waals surface area (Å²) in [6, 6.07) is 18.3. The molecular formula is C24H30N4O4. The van der Waals surface area contributed by atoms with Crippen molar-refractivity contribution < 1.29 is 19.2 Å². The van der Waals surface area contributed by atoms with Crippen molar-refractivity contribution >= 4 is 35.0 Å². The Labute approximate surface area is 188 Å². The van der Waals surface area contributed by atoms with Crippen LogP contribution in [0.3, 0.4) is 0 Å². The van der Waals surface area contributed by atoms with Crippen LogP contribution in [0.1, 0.15) is 46.5 Å². The first-order valence-corrected chi connectivity index (χ1v) is 10.5. The standard InChI is InChI=1S/C24H30N4O4/c1-24(2,3)25-20(29)14-15-21(30)26-27-22(31)16-17-23(32)28(18-10-6-4-7-11-18)19-12-8-5-9-13-19/h4-13H,14-17H2,1-3H3,(H,25,29)(H,26,30)(H,27,31). The lowest BCUT2D eigenvalue weighted by Gasteiger charge is -2.23. The fourth-order valence-electron chi connectivity index (χ4n) is 2.90. The molecule has 0 fully saturated rings. The highest BCUT2D eigenvalue weighted by atomic mass is 16.2. The maximum atomic E-state index is 12.9. The van der Waals surface area contributed by atoms with Crippen LogP contribution in [0.2, 0.25) is 0 Å². The molecule has 0 aromatic heterocycles. The van der Waals surface area contributed by atoms with Gasteiger partial charge in [-0.25, -0.2) is 0 Å². The van der Waals surface area contributed by atoms with Crippen LogP contribution in [0.4, 0.5) is 11.4 Å². The monoisotopic (exact) mass is 438 g/mol. The Balaban J connectivity index is 1.82. The molecule has 0 unspecified atom stereocenters. The molecule has 0 heterocycles. The normalized spacial score (nSPS) is 10.7. The van der Waals surface area contributed by atoms with Crippen molar-refractivity contribution in [1.82, 2.24) is 16.2 Å². The highest BCUT2D eigenvalue weighted by Crippen LogP contribution is 2.26. The quantitative estimate of drug-likeness (QED) is 0.551. The Morgan fingerprint density at radius 1 is 0.656 bits per heavy atom. The lowest BCUT2D eigenvalue weighted by atomic mass is 10.1. The summed E-state index contributed by atoms with van der Waals surface area (Å²) in [5.41, 5.74) is 5.59. The van der Waals surface area contributed by atoms with Crippen LogP contribution >= 0.6 is 0 Å². The summed E-state index contributed by atoms with van der Waals surface area (Å²) in [5, 5.41) is 2.76. The molecule has 2 aromatic carbocycles. The SMILES string of the molecule is CC(C)(C)NC(=O)CCC(=O)NNC(=O)CCC(=O)N(c1ccccc1)c1ccccc1. The van der Waals surface area contributed by atoms with Crippen LogP contribution in [0.5, 0.6) is 0 Å². The Bertz CT molecular complexity index is 885. The van der Waals surface area contributed by atoms with E-state index in [-0.39, 0.29) is 43.0 Å². The van der Waals surface area contributed by atoms with E-state index in [0.29, 0.717) is 11.4 Å². The van der Waals surface area contributed by atoms with E-state index in [9.17, 15) is 19.2 Å². The van der Waals surface area contributed by atoms with E-state index in [2.05, 4.69) is 16.2 Å². The molecule has 0 radical (unpaired) electrons. The third-order valence-electron chi connectivity index (χ3n) is 4.28.